The van der Waals surface area contributed by atoms with Gasteiger partial charge in [-0.05, 0) is 32.1 Å². The van der Waals surface area contributed by atoms with E-state index in [9.17, 15) is 4.79 Å². The number of fused-ring (bicyclic) bond motifs is 1. The van der Waals surface area contributed by atoms with Crippen LogP contribution in [0.25, 0.3) is 0 Å². The van der Waals surface area contributed by atoms with Gasteiger partial charge >= 0.3 is 0 Å². The molecule has 1 aliphatic carbocycles. The van der Waals surface area contributed by atoms with Gasteiger partial charge in [0.05, 0.1) is 0 Å². The number of rotatable bonds is 1. The molecule has 2 aliphatic rings. The lowest BCUT2D eigenvalue weighted by Crippen LogP contribution is -2.41. The lowest BCUT2D eigenvalue weighted by molar-refractivity contribution is -0.135. The zero-order chi connectivity index (χ0) is 8.01. The molecule has 0 aromatic heterocycles. The van der Waals surface area contributed by atoms with Crippen LogP contribution in [-0.2, 0) is 4.79 Å². The summed E-state index contributed by atoms with van der Waals surface area (Å²) in [6.45, 7) is 5.22. The summed E-state index contributed by atoms with van der Waals surface area (Å²) in [6, 6.07) is 0.407. The van der Waals surface area contributed by atoms with Gasteiger partial charge in [-0.2, -0.15) is 0 Å². The van der Waals surface area contributed by atoms with Crippen LogP contribution in [-0.4, -0.2) is 23.4 Å². The molecule has 1 heterocycles. The van der Waals surface area contributed by atoms with Crippen molar-refractivity contribution in [2.75, 3.05) is 6.54 Å². The third-order valence-corrected chi connectivity index (χ3v) is 2.88. The maximum atomic E-state index is 11.4. The Labute approximate surface area is 67.6 Å². The lowest BCUT2D eigenvalue weighted by atomic mass is 10.1. The van der Waals surface area contributed by atoms with E-state index in [0.29, 0.717) is 11.9 Å². The molecule has 2 atom stereocenters. The molecule has 1 aliphatic heterocycles. The molecule has 2 unspecified atom stereocenters. The van der Waals surface area contributed by atoms with Crippen molar-refractivity contribution in [1.29, 1.82) is 0 Å². The number of likely N-dealkylation sites (tertiary alicyclic amines) is 1. The molecule has 2 fully saturated rings. The molecule has 0 aromatic rings. The Morgan fingerprint density at radius 3 is 2.82 bits per heavy atom. The second-order valence-corrected chi connectivity index (χ2v) is 4.10. The van der Waals surface area contributed by atoms with E-state index < -0.39 is 0 Å². The summed E-state index contributed by atoms with van der Waals surface area (Å²) in [5, 5.41) is 0. The quantitative estimate of drug-likeness (QED) is 0.555. The zero-order valence-corrected chi connectivity index (χ0v) is 7.21. The van der Waals surface area contributed by atoms with Crippen molar-refractivity contribution in [3.63, 3.8) is 0 Å². The monoisotopic (exact) mass is 153 g/mol. The molecule has 11 heavy (non-hydrogen) atoms. The summed E-state index contributed by atoms with van der Waals surface area (Å²) in [5.41, 5.74) is 0. The smallest absolute Gasteiger partial charge is 0.223 e. The minimum absolute atomic E-state index is 0.374. The fraction of sp³-hybridized carbons (Fsp3) is 0.889. The number of nitrogens with zero attached hydrogens (tertiary/aromatic N) is 1. The molecule has 2 heteroatoms. The lowest BCUT2D eigenvalue weighted by Gasteiger charge is -2.30. The van der Waals surface area contributed by atoms with E-state index in [2.05, 4.69) is 13.8 Å². The minimum Gasteiger partial charge on any atom is -0.340 e. The molecule has 2 nitrogen and oxygen atoms in total. The number of carbonyl (C=O) groups excluding carboxylic acids is 1. The zero-order valence-electron chi connectivity index (χ0n) is 7.21. The summed E-state index contributed by atoms with van der Waals surface area (Å²) >= 11 is 0. The van der Waals surface area contributed by atoms with Crippen LogP contribution in [0.5, 0.6) is 0 Å². The Hall–Kier alpha value is -0.530. The minimum atomic E-state index is 0.374. The Kier molecular flexibility index (Phi) is 1.44. The number of amides is 1. The Morgan fingerprint density at radius 2 is 2.18 bits per heavy atom. The third-order valence-electron chi connectivity index (χ3n) is 2.88. The molecule has 1 amide bonds. The van der Waals surface area contributed by atoms with Crippen molar-refractivity contribution in [1.82, 2.24) is 4.90 Å². The number of carbonyl (C=O) groups is 1. The maximum Gasteiger partial charge on any atom is 0.223 e. The molecule has 0 N–H and O–H groups in total. The molecule has 2 rings (SSSR count). The van der Waals surface area contributed by atoms with Crippen LogP contribution >= 0.6 is 0 Å². The molecule has 0 aromatic carbocycles. The van der Waals surface area contributed by atoms with Gasteiger partial charge in [0.2, 0.25) is 5.91 Å². The first-order valence-electron chi connectivity index (χ1n) is 4.48. The van der Waals surface area contributed by atoms with Crippen LogP contribution in [0.3, 0.4) is 0 Å². The van der Waals surface area contributed by atoms with Crippen molar-refractivity contribution in [2.24, 2.45) is 11.8 Å². The van der Waals surface area contributed by atoms with Gasteiger partial charge in [-0.1, -0.05) is 0 Å². The van der Waals surface area contributed by atoms with Gasteiger partial charge < -0.3 is 4.90 Å². The fourth-order valence-corrected chi connectivity index (χ4v) is 1.98. The van der Waals surface area contributed by atoms with Gasteiger partial charge in [0.1, 0.15) is 0 Å². The van der Waals surface area contributed by atoms with E-state index in [4.69, 9.17) is 0 Å². The van der Waals surface area contributed by atoms with E-state index in [1.807, 2.05) is 4.90 Å². The highest BCUT2D eigenvalue weighted by Gasteiger charge is 2.45. The van der Waals surface area contributed by atoms with Gasteiger partial charge in [0.25, 0.3) is 0 Å². The fourth-order valence-electron chi connectivity index (χ4n) is 1.98. The number of piperidine rings is 1. The highest BCUT2D eigenvalue weighted by molar-refractivity contribution is 5.78. The maximum absolute atomic E-state index is 11.4. The third kappa shape index (κ3) is 1.15. The summed E-state index contributed by atoms with van der Waals surface area (Å²) in [6.07, 6.45) is 2.12. The summed E-state index contributed by atoms with van der Waals surface area (Å²) in [7, 11) is 0. The van der Waals surface area contributed by atoms with Crippen LogP contribution in [0.2, 0.25) is 0 Å². The largest absolute Gasteiger partial charge is 0.340 e. The SMILES string of the molecule is CC(C)N1CC2CC2CC1=O. The van der Waals surface area contributed by atoms with Crippen molar-refractivity contribution in [2.45, 2.75) is 32.7 Å². The Bertz CT molecular complexity index is 188. The molecule has 62 valence electrons. The Morgan fingerprint density at radius 1 is 1.45 bits per heavy atom. The number of hydrogen-bond donors (Lipinski definition) is 0. The van der Waals surface area contributed by atoms with Gasteiger partial charge in [-0.3, -0.25) is 4.79 Å². The van der Waals surface area contributed by atoms with Gasteiger partial charge in [-0.25, -0.2) is 0 Å². The van der Waals surface area contributed by atoms with Crippen LogP contribution in [0.1, 0.15) is 26.7 Å². The predicted octanol–water partition coefficient (Wildman–Crippen LogP) is 1.26. The average Bonchev–Trinajstić information content (AvgIpc) is 2.63. The molecular weight excluding hydrogens is 138 g/mol. The van der Waals surface area contributed by atoms with Crippen molar-refractivity contribution in [3.05, 3.63) is 0 Å². The van der Waals surface area contributed by atoms with Gasteiger partial charge in [-0.15, -0.1) is 0 Å². The van der Waals surface area contributed by atoms with Gasteiger partial charge in [0, 0.05) is 19.0 Å². The van der Waals surface area contributed by atoms with Gasteiger partial charge in [0.15, 0.2) is 0 Å². The van der Waals surface area contributed by atoms with Crippen LogP contribution in [0.4, 0.5) is 0 Å². The highest BCUT2D eigenvalue weighted by atomic mass is 16.2. The summed E-state index contributed by atoms with van der Waals surface area (Å²) < 4.78 is 0. The average molecular weight is 153 g/mol. The normalized spacial score (nSPS) is 35.9. The first-order valence-corrected chi connectivity index (χ1v) is 4.48. The van der Waals surface area contributed by atoms with Crippen LogP contribution in [0.15, 0.2) is 0 Å². The molecule has 0 radical (unpaired) electrons. The van der Waals surface area contributed by atoms with Crippen molar-refractivity contribution in [3.8, 4) is 0 Å². The van der Waals surface area contributed by atoms with Crippen molar-refractivity contribution < 1.29 is 4.79 Å². The van der Waals surface area contributed by atoms with Crippen LogP contribution in [0, 0.1) is 11.8 Å². The van der Waals surface area contributed by atoms with Crippen molar-refractivity contribution >= 4 is 5.91 Å². The Balaban J connectivity index is 2.03. The molecule has 1 saturated heterocycles. The van der Waals surface area contributed by atoms with E-state index in [-0.39, 0.29) is 0 Å². The predicted molar refractivity (Wildman–Crippen MR) is 43.1 cm³/mol. The number of hydrogen-bond acceptors (Lipinski definition) is 1. The van der Waals surface area contributed by atoms with E-state index in [1.54, 1.807) is 0 Å². The standard InChI is InChI=1S/C9H15NO/c1-6(2)10-5-8-3-7(8)4-9(10)11/h6-8H,3-5H2,1-2H3. The van der Waals surface area contributed by atoms with E-state index in [0.717, 1.165) is 24.8 Å². The first-order chi connectivity index (χ1) is 5.18. The highest BCUT2D eigenvalue weighted by Crippen LogP contribution is 2.45. The second-order valence-electron chi connectivity index (χ2n) is 4.10. The van der Waals surface area contributed by atoms with E-state index in [1.165, 1.54) is 6.42 Å². The summed E-state index contributed by atoms with van der Waals surface area (Å²) in [4.78, 5) is 13.4. The summed E-state index contributed by atoms with van der Waals surface area (Å²) in [5.74, 6) is 1.99. The molecule has 0 spiro atoms. The van der Waals surface area contributed by atoms with E-state index >= 15 is 0 Å². The first kappa shape index (κ1) is 7.14. The molecule has 1 saturated carbocycles. The molecule has 0 bridgehead atoms. The molecular formula is C9H15NO. The van der Waals surface area contributed by atoms with Crippen LogP contribution < -0.4 is 0 Å². The topological polar surface area (TPSA) is 20.3 Å². The second kappa shape index (κ2) is 2.23.